The first-order valence-electron chi connectivity index (χ1n) is 12.2. The average Bonchev–Trinajstić information content (AvgIpc) is 3.35. The van der Waals surface area contributed by atoms with Gasteiger partial charge in [-0.1, -0.05) is 44.0 Å². The van der Waals surface area contributed by atoms with Crippen LogP contribution in [0, 0.1) is 0 Å². The molecule has 1 aliphatic heterocycles. The summed E-state index contributed by atoms with van der Waals surface area (Å²) < 4.78 is 29.0. The van der Waals surface area contributed by atoms with Gasteiger partial charge in [0.25, 0.3) is 0 Å². The maximum absolute atomic E-state index is 11.6. The molecule has 34 heavy (non-hydrogen) atoms. The normalized spacial score (nSPS) is 19.5. The predicted molar refractivity (Wildman–Crippen MR) is 131 cm³/mol. The molecular formula is C28H38O6. The van der Waals surface area contributed by atoms with E-state index >= 15 is 0 Å². The summed E-state index contributed by atoms with van der Waals surface area (Å²) in [4.78, 5) is 11.6. The molecule has 1 fully saturated rings. The van der Waals surface area contributed by atoms with Crippen molar-refractivity contribution in [1.82, 2.24) is 0 Å². The predicted octanol–water partition coefficient (Wildman–Crippen LogP) is 5.50. The molecule has 0 aliphatic carbocycles. The molecule has 0 radical (unpaired) electrons. The molecule has 2 aromatic carbocycles. The Bertz CT molecular complexity index is 835. The summed E-state index contributed by atoms with van der Waals surface area (Å²) >= 11 is 0. The minimum absolute atomic E-state index is 0.00443. The maximum atomic E-state index is 11.6. The molecular weight excluding hydrogens is 432 g/mol. The fourth-order valence-corrected chi connectivity index (χ4v) is 4.23. The molecule has 0 saturated carbocycles. The van der Waals surface area contributed by atoms with Crippen molar-refractivity contribution in [1.29, 1.82) is 0 Å². The van der Waals surface area contributed by atoms with Crippen LogP contribution in [-0.2, 0) is 32.2 Å². The Hall–Kier alpha value is -2.41. The summed E-state index contributed by atoms with van der Waals surface area (Å²) in [5.41, 5.74) is 2.12. The van der Waals surface area contributed by atoms with E-state index in [-0.39, 0.29) is 18.3 Å². The first-order valence-corrected chi connectivity index (χ1v) is 12.2. The smallest absolute Gasteiger partial charge is 0.148 e. The van der Waals surface area contributed by atoms with E-state index < -0.39 is 6.10 Å². The number of carbonyl (C=O) groups excluding carboxylic acids is 1. The molecule has 3 rings (SSSR count). The molecule has 2 aromatic rings. The topological polar surface area (TPSA) is 63.2 Å². The van der Waals surface area contributed by atoms with E-state index in [1.54, 1.807) is 14.2 Å². The monoisotopic (exact) mass is 470 g/mol. The van der Waals surface area contributed by atoms with E-state index in [0.29, 0.717) is 19.6 Å². The van der Waals surface area contributed by atoms with Gasteiger partial charge in [0.2, 0.25) is 0 Å². The molecule has 0 unspecified atom stereocenters. The van der Waals surface area contributed by atoms with Crippen molar-refractivity contribution in [3.63, 3.8) is 0 Å². The second kappa shape index (κ2) is 14.1. The first-order chi connectivity index (χ1) is 16.6. The molecule has 1 saturated heterocycles. The van der Waals surface area contributed by atoms with Gasteiger partial charge in [0.1, 0.15) is 23.9 Å². The fraction of sp³-hybridized carbons (Fsp3) is 0.536. The molecule has 6 nitrogen and oxygen atoms in total. The lowest BCUT2D eigenvalue weighted by Gasteiger charge is -2.25. The van der Waals surface area contributed by atoms with E-state index in [1.807, 2.05) is 48.5 Å². The number of rotatable bonds is 15. The van der Waals surface area contributed by atoms with Gasteiger partial charge in [0.15, 0.2) is 0 Å². The van der Waals surface area contributed by atoms with Crippen molar-refractivity contribution in [3.05, 3.63) is 59.7 Å². The number of carbonyl (C=O) groups is 1. The Morgan fingerprint density at radius 1 is 0.912 bits per heavy atom. The highest BCUT2D eigenvalue weighted by Crippen LogP contribution is 2.30. The molecule has 4 atom stereocenters. The average molecular weight is 471 g/mol. The highest BCUT2D eigenvalue weighted by atomic mass is 16.6. The lowest BCUT2D eigenvalue weighted by molar-refractivity contribution is -0.123. The zero-order chi connectivity index (χ0) is 24.2. The molecule has 0 N–H and O–H groups in total. The van der Waals surface area contributed by atoms with Gasteiger partial charge in [-0.2, -0.15) is 0 Å². The molecule has 1 aliphatic rings. The summed E-state index contributed by atoms with van der Waals surface area (Å²) in [6.45, 7) is 3.12. The fourth-order valence-electron chi connectivity index (χ4n) is 4.23. The Labute approximate surface area is 203 Å². The third kappa shape index (κ3) is 8.12. The van der Waals surface area contributed by atoms with Crippen molar-refractivity contribution >= 4 is 6.29 Å². The minimum Gasteiger partial charge on any atom is -0.497 e. The van der Waals surface area contributed by atoms with E-state index in [9.17, 15) is 4.79 Å². The third-order valence-corrected chi connectivity index (χ3v) is 6.29. The van der Waals surface area contributed by atoms with Gasteiger partial charge >= 0.3 is 0 Å². The van der Waals surface area contributed by atoms with Crippen LogP contribution in [0.4, 0.5) is 0 Å². The largest absolute Gasteiger partial charge is 0.497 e. The quantitative estimate of drug-likeness (QED) is 0.320. The molecule has 1 heterocycles. The van der Waals surface area contributed by atoms with Gasteiger partial charge in [-0.15, -0.1) is 0 Å². The number of methoxy groups -OCH3 is 2. The SMILES string of the molecule is CCCC[C@@H](OCc1ccc(OC)cc1)[C@H]1CC[C@H](C[C@@H](C=O)OCc2ccc(OC)cc2)O1. The lowest BCUT2D eigenvalue weighted by Crippen LogP contribution is -2.30. The molecule has 0 amide bonds. The number of ether oxygens (including phenoxy) is 5. The van der Waals surface area contributed by atoms with Crippen LogP contribution in [0.25, 0.3) is 0 Å². The molecule has 0 bridgehead atoms. The van der Waals surface area contributed by atoms with Crippen LogP contribution in [0.3, 0.4) is 0 Å². The van der Waals surface area contributed by atoms with Gasteiger partial charge < -0.3 is 28.5 Å². The van der Waals surface area contributed by atoms with Crippen LogP contribution >= 0.6 is 0 Å². The van der Waals surface area contributed by atoms with Crippen molar-refractivity contribution in [2.45, 2.75) is 83.1 Å². The molecule has 6 heteroatoms. The highest BCUT2D eigenvalue weighted by molar-refractivity contribution is 5.56. The number of benzene rings is 2. The summed E-state index contributed by atoms with van der Waals surface area (Å²) in [6.07, 6.45) is 6.08. The molecule has 0 aromatic heterocycles. The van der Waals surface area contributed by atoms with Crippen LogP contribution in [-0.4, -0.2) is 44.9 Å². The maximum Gasteiger partial charge on any atom is 0.148 e. The van der Waals surface area contributed by atoms with E-state index in [1.165, 1.54) is 0 Å². The van der Waals surface area contributed by atoms with Gasteiger partial charge in [-0.05, 0) is 54.7 Å². The van der Waals surface area contributed by atoms with Gasteiger partial charge in [-0.25, -0.2) is 0 Å². The zero-order valence-electron chi connectivity index (χ0n) is 20.6. The first kappa shape index (κ1) is 26.2. The number of hydrogen-bond acceptors (Lipinski definition) is 6. The second-order valence-corrected chi connectivity index (χ2v) is 8.78. The third-order valence-electron chi connectivity index (χ3n) is 6.29. The Morgan fingerprint density at radius 3 is 2.03 bits per heavy atom. The van der Waals surface area contributed by atoms with Gasteiger partial charge in [-0.3, -0.25) is 0 Å². The summed E-state index contributed by atoms with van der Waals surface area (Å²) in [5, 5.41) is 0. The van der Waals surface area contributed by atoms with E-state index in [2.05, 4.69) is 6.92 Å². The second-order valence-electron chi connectivity index (χ2n) is 8.78. The Balaban J connectivity index is 1.48. The van der Waals surface area contributed by atoms with Crippen molar-refractivity contribution < 1.29 is 28.5 Å². The minimum atomic E-state index is -0.486. The number of unbranched alkanes of at least 4 members (excludes halogenated alkanes) is 1. The summed E-state index contributed by atoms with van der Waals surface area (Å²) in [7, 11) is 3.30. The van der Waals surface area contributed by atoms with Gasteiger partial charge in [0.05, 0.1) is 45.7 Å². The lowest BCUT2D eigenvalue weighted by atomic mass is 10.0. The van der Waals surface area contributed by atoms with Crippen molar-refractivity contribution in [2.24, 2.45) is 0 Å². The van der Waals surface area contributed by atoms with E-state index in [0.717, 1.165) is 61.0 Å². The molecule has 0 spiro atoms. The number of hydrogen-bond donors (Lipinski definition) is 0. The van der Waals surface area contributed by atoms with E-state index in [4.69, 9.17) is 23.7 Å². The zero-order valence-corrected chi connectivity index (χ0v) is 20.6. The number of aldehydes is 1. The Morgan fingerprint density at radius 2 is 1.50 bits per heavy atom. The molecule has 186 valence electrons. The van der Waals surface area contributed by atoms with Crippen LogP contribution in [0.15, 0.2) is 48.5 Å². The van der Waals surface area contributed by atoms with Crippen LogP contribution < -0.4 is 9.47 Å². The highest BCUT2D eigenvalue weighted by Gasteiger charge is 2.33. The summed E-state index contributed by atoms with van der Waals surface area (Å²) in [6, 6.07) is 15.6. The summed E-state index contributed by atoms with van der Waals surface area (Å²) in [5.74, 6) is 1.64. The van der Waals surface area contributed by atoms with Crippen molar-refractivity contribution in [2.75, 3.05) is 14.2 Å². The van der Waals surface area contributed by atoms with Crippen LogP contribution in [0.5, 0.6) is 11.5 Å². The standard InChI is InChI=1S/C28H38O6/c1-4-5-6-27(33-20-22-9-13-24(31-3)14-10-22)28-16-15-25(34-28)17-26(18-29)32-19-21-7-11-23(30-2)12-8-21/h7-14,18,25-28H,4-6,15-17,19-20H2,1-3H3/t25-,26+,27-,28-/m1/s1. The van der Waals surface area contributed by atoms with Gasteiger partial charge in [0, 0.05) is 6.42 Å². The van der Waals surface area contributed by atoms with Crippen molar-refractivity contribution in [3.8, 4) is 11.5 Å². The van der Waals surface area contributed by atoms with Crippen LogP contribution in [0.2, 0.25) is 0 Å². The van der Waals surface area contributed by atoms with Crippen LogP contribution in [0.1, 0.15) is 56.6 Å². The Kier molecular flexibility index (Phi) is 10.9.